The van der Waals surface area contributed by atoms with E-state index >= 15 is 0 Å². The number of rotatable bonds is 2. The van der Waals surface area contributed by atoms with Crippen molar-refractivity contribution in [3.63, 3.8) is 0 Å². The molecule has 14 heavy (non-hydrogen) atoms. The Labute approximate surface area is 91.1 Å². The molecule has 0 N–H and O–H groups in total. The van der Waals surface area contributed by atoms with Gasteiger partial charge in [0.05, 0.1) is 0 Å². The van der Waals surface area contributed by atoms with Gasteiger partial charge >= 0.3 is 0 Å². The zero-order valence-corrected chi connectivity index (χ0v) is 9.41. The molecule has 2 nitrogen and oxygen atoms in total. The van der Waals surface area contributed by atoms with Crippen molar-refractivity contribution >= 4 is 15.9 Å². The molecule has 0 fully saturated rings. The number of oxazole rings is 1. The molecule has 1 aromatic heterocycles. The number of halogens is 1. The Morgan fingerprint density at radius 3 is 3.00 bits per heavy atom. The van der Waals surface area contributed by atoms with Crippen LogP contribution >= 0.6 is 15.9 Å². The molecule has 1 heterocycles. The van der Waals surface area contributed by atoms with Gasteiger partial charge in [-0.25, -0.2) is 4.98 Å². The van der Waals surface area contributed by atoms with Crippen LogP contribution in [-0.4, -0.2) is 4.98 Å². The summed E-state index contributed by atoms with van der Waals surface area (Å²) in [6.07, 6.45) is 2.36. The van der Waals surface area contributed by atoms with Gasteiger partial charge in [-0.05, 0) is 12.1 Å². The topological polar surface area (TPSA) is 26.0 Å². The Kier molecular flexibility index (Phi) is 2.68. The van der Waals surface area contributed by atoms with Crippen LogP contribution in [0.25, 0.3) is 11.3 Å². The van der Waals surface area contributed by atoms with E-state index in [4.69, 9.17) is 4.42 Å². The fourth-order valence-electron chi connectivity index (χ4n) is 1.39. The fourth-order valence-corrected chi connectivity index (χ4v) is 1.79. The highest BCUT2D eigenvalue weighted by molar-refractivity contribution is 9.10. The van der Waals surface area contributed by atoms with Crippen LogP contribution in [0.1, 0.15) is 12.7 Å². The smallest absolute Gasteiger partial charge is 0.181 e. The minimum Gasteiger partial charge on any atom is -0.448 e. The molecule has 2 aromatic rings. The highest BCUT2D eigenvalue weighted by atomic mass is 79.9. The number of hydrogen-bond acceptors (Lipinski definition) is 2. The van der Waals surface area contributed by atoms with Crippen LogP contribution in [0.15, 0.2) is 39.5 Å². The SMILES string of the molecule is CCc1ocnc1-c1cccc(Br)c1. The van der Waals surface area contributed by atoms with Crippen LogP contribution in [-0.2, 0) is 6.42 Å². The van der Waals surface area contributed by atoms with E-state index in [1.54, 1.807) is 0 Å². The van der Waals surface area contributed by atoms with Gasteiger partial charge in [0, 0.05) is 16.5 Å². The third-order valence-electron chi connectivity index (χ3n) is 2.06. The third-order valence-corrected chi connectivity index (χ3v) is 2.55. The fraction of sp³-hybridized carbons (Fsp3) is 0.182. The maximum Gasteiger partial charge on any atom is 0.181 e. The molecule has 0 saturated heterocycles. The zero-order valence-electron chi connectivity index (χ0n) is 7.83. The van der Waals surface area contributed by atoms with E-state index in [9.17, 15) is 0 Å². The highest BCUT2D eigenvalue weighted by Crippen LogP contribution is 2.24. The lowest BCUT2D eigenvalue weighted by Crippen LogP contribution is -1.83. The Morgan fingerprint density at radius 2 is 2.29 bits per heavy atom. The maximum absolute atomic E-state index is 5.28. The Balaban J connectivity index is 2.49. The summed E-state index contributed by atoms with van der Waals surface area (Å²) in [5.74, 6) is 0.933. The average molecular weight is 252 g/mol. The molecule has 0 unspecified atom stereocenters. The van der Waals surface area contributed by atoms with Crippen molar-refractivity contribution in [3.05, 3.63) is 40.9 Å². The van der Waals surface area contributed by atoms with E-state index in [-0.39, 0.29) is 0 Å². The van der Waals surface area contributed by atoms with Crippen LogP contribution in [0.4, 0.5) is 0 Å². The molecule has 0 aliphatic rings. The molecule has 0 radical (unpaired) electrons. The van der Waals surface area contributed by atoms with E-state index in [2.05, 4.69) is 27.8 Å². The first kappa shape index (κ1) is 9.46. The first-order valence-electron chi connectivity index (χ1n) is 4.49. The van der Waals surface area contributed by atoms with Crippen molar-refractivity contribution in [2.75, 3.05) is 0 Å². The summed E-state index contributed by atoms with van der Waals surface area (Å²) in [6, 6.07) is 8.06. The van der Waals surface area contributed by atoms with E-state index < -0.39 is 0 Å². The van der Waals surface area contributed by atoms with Crippen molar-refractivity contribution in [3.8, 4) is 11.3 Å². The molecule has 3 heteroatoms. The summed E-state index contributed by atoms with van der Waals surface area (Å²) in [4.78, 5) is 4.21. The number of aromatic nitrogens is 1. The van der Waals surface area contributed by atoms with Crippen molar-refractivity contribution in [2.45, 2.75) is 13.3 Å². The van der Waals surface area contributed by atoms with E-state index in [0.29, 0.717) is 0 Å². The minimum atomic E-state index is 0.863. The second kappa shape index (κ2) is 3.96. The predicted molar refractivity (Wildman–Crippen MR) is 59.0 cm³/mol. The molecule has 0 aliphatic carbocycles. The average Bonchev–Trinajstić information content (AvgIpc) is 2.65. The number of benzene rings is 1. The van der Waals surface area contributed by atoms with Crippen LogP contribution < -0.4 is 0 Å². The number of hydrogen-bond donors (Lipinski definition) is 0. The highest BCUT2D eigenvalue weighted by Gasteiger charge is 2.08. The summed E-state index contributed by atoms with van der Waals surface area (Å²) in [6.45, 7) is 2.06. The van der Waals surface area contributed by atoms with E-state index in [0.717, 1.165) is 27.9 Å². The van der Waals surface area contributed by atoms with Gasteiger partial charge in [-0.3, -0.25) is 0 Å². The summed E-state index contributed by atoms with van der Waals surface area (Å²) < 4.78 is 6.34. The van der Waals surface area contributed by atoms with Gasteiger partial charge in [-0.15, -0.1) is 0 Å². The van der Waals surface area contributed by atoms with Crippen molar-refractivity contribution in [2.24, 2.45) is 0 Å². The molecule has 0 atom stereocenters. The van der Waals surface area contributed by atoms with Crippen LogP contribution in [0.2, 0.25) is 0 Å². The summed E-state index contributed by atoms with van der Waals surface area (Å²) in [7, 11) is 0. The second-order valence-corrected chi connectivity index (χ2v) is 3.90. The molecule has 2 rings (SSSR count). The lowest BCUT2D eigenvalue weighted by Gasteiger charge is -1.99. The normalized spacial score (nSPS) is 10.4. The van der Waals surface area contributed by atoms with Gasteiger partial charge in [-0.1, -0.05) is 35.0 Å². The van der Waals surface area contributed by atoms with Crippen molar-refractivity contribution < 1.29 is 4.42 Å². The molecule has 0 bridgehead atoms. The van der Waals surface area contributed by atoms with Gasteiger partial charge in [0.1, 0.15) is 11.5 Å². The standard InChI is InChI=1S/C11H10BrNO/c1-2-10-11(13-7-14-10)8-4-3-5-9(12)6-8/h3-7H,2H2,1H3. The summed E-state index contributed by atoms with van der Waals surface area (Å²) >= 11 is 3.44. The molecule has 0 aliphatic heterocycles. The summed E-state index contributed by atoms with van der Waals surface area (Å²) in [5.41, 5.74) is 2.03. The molecule has 0 saturated carbocycles. The van der Waals surface area contributed by atoms with E-state index in [1.807, 2.05) is 24.3 Å². The Hall–Kier alpha value is -1.09. The van der Waals surface area contributed by atoms with Gasteiger partial charge in [0.25, 0.3) is 0 Å². The molecule has 0 amide bonds. The molecule has 0 spiro atoms. The van der Waals surface area contributed by atoms with Crippen LogP contribution in [0.5, 0.6) is 0 Å². The molecule has 72 valence electrons. The number of aryl methyl sites for hydroxylation is 1. The van der Waals surface area contributed by atoms with Crippen LogP contribution in [0.3, 0.4) is 0 Å². The maximum atomic E-state index is 5.28. The second-order valence-electron chi connectivity index (χ2n) is 2.99. The summed E-state index contributed by atoms with van der Waals surface area (Å²) in [5, 5.41) is 0. The minimum absolute atomic E-state index is 0.863. The van der Waals surface area contributed by atoms with Gasteiger partial charge in [-0.2, -0.15) is 0 Å². The zero-order chi connectivity index (χ0) is 9.97. The van der Waals surface area contributed by atoms with Crippen LogP contribution in [0, 0.1) is 0 Å². The quantitative estimate of drug-likeness (QED) is 0.815. The molecular weight excluding hydrogens is 242 g/mol. The molecular formula is C11H10BrNO. The van der Waals surface area contributed by atoms with Crippen molar-refractivity contribution in [1.29, 1.82) is 0 Å². The first-order chi connectivity index (χ1) is 6.81. The van der Waals surface area contributed by atoms with Gasteiger partial charge < -0.3 is 4.42 Å². The largest absolute Gasteiger partial charge is 0.448 e. The van der Waals surface area contributed by atoms with Crippen molar-refractivity contribution in [1.82, 2.24) is 4.98 Å². The van der Waals surface area contributed by atoms with Gasteiger partial charge in [0.2, 0.25) is 0 Å². The predicted octanol–water partition coefficient (Wildman–Crippen LogP) is 3.67. The number of nitrogens with zero attached hydrogens (tertiary/aromatic N) is 1. The Morgan fingerprint density at radius 1 is 1.43 bits per heavy atom. The third kappa shape index (κ3) is 1.73. The monoisotopic (exact) mass is 251 g/mol. The first-order valence-corrected chi connectivity index (χ1v) is 5.29. The lowest BCUT2D eigenvalue weighted by molar-refractivity contribution is 0.510. The Bertz CT molecular complexity index is 436. The molecule has 1 aromatic carbocycles. The van der Waals surface area contributed by atoms with E-state index in [1.165, 1.54) is 6.39 Å². The lowest BCUT2D eigenvalue weighted by atomic mass is 10.1. The van der Waals surface area contributed by atoms with Gasteiger partial charge in [0.15, 0.2) is 6.39 Å².